The summed E-state index contributed by atoms with van der Waals surface area (Å²) in [6.45, 7) is 3.73. The number of hydrogen-bond acceptors (Lipinski definition) is 8. The highest BCUT2D eigenvalue weighted by Crippen LogP contribution is 2.38. The van der Waals surface area contributed by atoms with E-state index in [9.17, 15) is 36.4 Å². The molecule has 2 aliphatic rings. The lowest BCUT2D eigenvalue weighted by atomic mass is 9.86. The van der Waals surface area contributed by atoms with E-state index in [2.05, 4.69) is 10.6 Å². The minimum absolute atomic E-state index is 0. The van der Waals surface area contributed by atoms with Gasteiger partial charge in [-0.15, -0.1) is 0 Å². The number of carbonyl (C=O) groups excluding carboxylic acids is 4. The minimum Gasteiger partial charge on any atom is -0.412 e. The zero-order valence-electron chi connectivity index (χ0n) is 30.3. The third-order valence-corrected chi connectivity index (χ3v) is 10.3. The molecule has 5 aromatic carbocycles. The summed E-state index contributed by atoms with van der Waals surface area (Å²) >= 11 is 0. The lowest BCUT2D eigenvalue weighted by Gasteiger charge is -2.32. The molecule has 4 amide bonds. The van der Waals surface area contributed by atoms with Crippen LogP contribution in [-0.4, -0.2) is 78.1 Å². The van der Waals surface area contributed by atoms with Crippen LogP contribution in [-0.2, 0) is 23.2 Å². The van der Waals surface area contributed by atoms with Crippen molar-refractivity contribution in [1.82, 2.24) is 20.4 Å². The molecule has 5 aromatic rings. The number of amides is 4. The van der Waals surface area contributed by atoms with Gasteiger partial charge in [0.1, 0.15) is 11.6 Å². The van der Waals surface area contributed by atoms with Gasteiger partial charge in [0.05, 0.1) is 4.90 Å². The Morgan fingerprint density at radius 3 is 1.27 bits per heavy atom. The van der Waals surface area contributed by atoms with Crippen LogP contribution in [0.25, 0.3) is 10.8 Å². The molecule has 0 atom stereocenters. The van der Waals surface area contributed by atoms with Gasteiger partial charge in [0.2, 0.25) is 0 Å². The first-order chi connectivity index (χ1) is 26.4. The first kappa shape index (κ1) is 41.5. The summed E-state index contributed by atoms with van der Waals surface area (Å²) in [4.78, 5) is 56.1. The van der Waals surface area contributed by atoms with Crippen LogP contribution in [0.2, 0.25) is 0 Å². The fourth-order valence-electron chi connectivity index (χ4n) is 6.54. The van der Waals surface area contributed by atoms with Crippen molar-refractivity contribution in [3.8, 4) is 0 Å². The number of rotatable bonds is 13. The molecule has 0 bridgehead atoms. The number of nitrogens with zero attached hydrogens (tertiary/aromatic N) is 2. The smallest absolute Gasteiger partial charge is 0.294 e. The van der Waals surface area contributed by atoms with E-state index in [0.717, 1.165) is 5.56 Å². The Kier molecular flexibility index (Phi) is 13.2. The molecule has 56 heavy (non-hydrogen) atoms. The van der Waals surface area contributed by atoms with Gasteiger partial charge >= 0.3 is 0 Å². The molecule has 0 fully saturated rings. The van der Waals surface area contributed by atoms with Gasteiger partial charge in [0.15, 0.2) is 0 Å². The second-order valence-electron chi connectivity index (χ2n) is 13.1. The Hall–Kier alpha value is -5.71. The number of halogens is 2. The molecule has 5 N–H and O–H groups in total. The van der Waals surface area contributed by atoms with Crippen molar-refractivity contribution >= 4 is 44.5 Å². The van der Waals surface area contributed by atoms with Gasteiger partial charge in [0, 0.05) is 70.3 Å². The lowest BCUT2D eigenvalue weighted by molar-refractivity contribution is 0.0587. The molecule has 292 valence electrons. The fraction of sp³-hybridized carbons (Fsp3) is 0.220. The third kappa shape index (κ3) is 8.88. The molecule has 15 heteroatoms. The number of benzene rings is 5. The van der Waals surface area contributed by atoms with Gasteiger partial charge in [-0.05, 0) is 81.4 Å². The van der Waals surface area contributed by atoms with Crippen molar-refractivity contribution < 1.29 is 46.4 Å². The fourth-order valence-corrected chi connectivity index (χ4v) is 7.02. The molecule has 0 saturated carbocycles. The third-order valence-electron chi connectivity index (χ3n) is 9.40. The van der Waals surface area contributed by atoms with Crippen LogP contribution in [0, 0.1) is 18.6 Å². The van der Waals surface area contributed by atoms with Gasteiger partial charge in [-0.1, -0.05) is 54.1 Å². The molecule has 0 unspecified atom stereocenters. The zero-order valence-corrected chi connectivity index (χ0v) is 31.2. The van der Waals surface area contributed by atoms with Gasteiger partial charge in [-0.25, -0.2) is 8.78 Å². The van der Waals surface area contributed by atoms with Crippen molar-refractivity contribution in [2.75, 3.05) is 26.2 Å². The van der Waals surface area contributed by atoms with Gasteiger partial charge in [-0.2, -0.15) is 8.42 Å². The molecule has 0 radical (unpaired) electrons. The monoisotopic (exact) mass is 786 g/mol. The molecule has 7 rings (SSSR count). The second kappa shape index (κ2) is 17.8. The molecular weight excluding hydrogens is 747 g/mol. The van der Waals surface area contributed by atoms with Gasteiger partial charge in [-0.3, -0.25) is 33.5 Å². The molecule has 0 aromatic heterocycles. The van der Waals surface area contributed by atoms with Crippen molar-refractivity contribution in [2.24, 2.45) is 0 Å². The molecular formula is C41H40F2N4O8S. The van der Waals surface area contributed by atoms with Crippen molar-refractivity contribution in [2.45, 2.75) is 37.8 Å². The number of imide groups is 2. The van der Waals surface area contributed by atoms with E-state index < -0.39 is 33.7 Å². The van der Waals surface area contributed by atoms with E-state index >= 15 is 0 Å². The summed E-state index contributed by atoms with van der Waals surface area (Å²) < 4.78 is 57.3. The lowest BCUT2D eigenvalue weighted by Crippen LogP contribution is -2.44. The van der Waals surface area contributed by atoms with E-state index in [4.69, 9.17) is 4.55 Å². The predicted octanol–water partition coefficient (Wildman–Crippen LogP) is 5.09. The number of hydrogen-bond donors (Lipinski definition) is 3. The highest BCUT2D eigenvalue weighted by Gasteiger charge is 2.39. The van der Waals surface area contributed by atoms with E-state index in [-0.39, 0.29) is 57.3 Å². The molecule has 12 nitrogen and oxygen atoms in total. The molecule has 0 spiro atoms. The number of carbonyl (C=O) groups is 4. The maximum Gasteiger partial charge on any atom is 0.294 e. The van der Waals surface area contributed by atoms with Gasteiger partial charge < -0.3 is 16.1 Å². The Balaban J connectivity index is 0.000000433. The summed E-state index contributed by atoms with van der Waals surface area (Å²) in [6.07, 6.45) is 0.920. The Bertz CT molecular complexity index is 2210. The highest BCUT2D eigenvalue weighted by molar-refractivity contribution is 7.85. The summed E-state index contributed by atoms with van der Waals surface area (Å²) in [6, 6.07) is 25.1. The van der Waals surface area contributed by atoms with Crippen molar-refractivity contribution in [1.29, 1.82) is 0 Å². The molecule has 0 saturated heterocycles. The Morgan fingerprint density at radius 1 is 0.571 bits per heavy atom. The number of nitrogens with one attached hydrogen (secondary N) is 2. The summed E-state index contributed by atoms with van der Waals surface area (Å²) in [5.41, 5.74) is 3.10. The van der Waals surface area contributed by atoms with E-state index in [1.54, 1.807) is 72.8 Å². The minimum atomic E-state index is -4.02. The summed E-state index contributed by atoms with van der Waals surface area (Å²) in [5, 5.41) is 6.94. The normalized spacial score (nSPS) is 13.4. The van der Waals surface area contributed by atoms with Crippen LogP contribution in [0.1, 0.15) is 71.0 Å². The van der Waals surface area contributed by atoms with Crippen molar-refractivity contribution in [3.05, 3.63) is 148 Å². The largest absolute Gasteiger partial charge is 0.412 e. The molecule has 2 heterocycles. The quantitative estimate of drug-likeness (QED) is 0.0832. The van der Waals surface area contributed by atoms with E-state index in [1.807, 2.05) is 6.92 Å². The predicted molar refractivity (Wildman–Crippen MR) is 205 cm³/mol. The first-order valence-electron chi connectivity index (χ1n) is 17.6. The average Bonchev–Trinajstić information content (AvgIpc) is 3.16. The van der Waals surface area contributed by atoms with E-state index in [0.29, 0.717) is 60.9 Å². The van der Waals surface area contributed by atoms with Crippen LogP contribution < -0.4 is 10.6 Å². The summed E-state index contributed by atoms with van der Waals surface area (Å²) in [5.74, 6) is -2.53. The average molecular weight is 787 g/mol. The van der Waals surface area contributed by atoms with Crippen LogP contribution in [0.3, 0.4) is 0 Å². The highest BCUT2D eigenvalue weighted by atomic mass is 32.2. The van der Waals surface area contributed by atoms with Crippen LogP contribution in [0.15, 0.2) is 102 Å². The molecule has 0 aliphatic carbocycles. The van der Waals surface area contributed by atoms with Crippen LogP contribution in [0.4, 0.5) is 8.78 Å². The topological polar surface area (TPSA) is 185 Å². The van der Waals surface area contributed by atoms with Crippen LogP contribution in [0.5, 0.6) is 0 Å². The number of aryl methyl sites for hydroxylation is 1. The van der Waals surface area contributed by atoms with Gasteiger partial charge in [0.25, 0.3) is 33.7 Å². The maximum atomic E-state index is 13.9. The zero-order chi connectivity index (χ0) is 39.3. The Morgan fingerprint density at radius 2 is 0.929 bits per heavy atom. The first-order valence-corrected chi connectivity index (χ1v) is 19.1. The SMILES string of the molecule is Cc1ccc(S(=O)(=O)O)cc1.O.O=C1c2ccc3c4c(ccc(c24)C(=O)N1CCCNCc1ccccc1F)C(=O)N(CCCNCc1ccccc1F)C3=O. The Labute approximate surface area is 322 Å². The maximum absolute atomic E-state index is 13.9. The second-order valence-corrected chi connectivity index (χ2v) is 14.5. The van der Waals surface area contributed by atoms with E-state index in [1.165, 1.54) is 34.1 Å². The summed E-state index contributed by atoms with van der Waals surface area (Å²) in [7, 11) is -4.02. The van der Waals surface area contributed by atoms with Crippen LogP contribution >= 0.6 is 0 Å². The van der Waals surface area contributed by atoms with Crippen molar-refractivity contribution in [3.63, 3.8) is 0 Å². The molecule has 2 aliphatic heterocycles. The standard InChI is InChI=1S/C34H30F2N4O4.C7H8O3S.H2O/c35-27-9-3-1-7-21(27)19-37-15-5-17-39-31(41)23-11-13-25-30-26(14-12-24(29(23)30)32(39)42)34(44)40(33(25)43)18-6-16-38-20-22-8-2-4-10-28(22)36;1-6-2-4-7(5-3-6)11(8,9)10;/h1-4,7-14,37-38H,5-6,15-20H2;2-5H,1H3,(H,8,9,10);1H2.